The number of carbonyl (C=O) groups excluding carboxylic acids is 2. The minimum Gasteiger partial charge on any atom is -0.355 e. The van der Waals surface area contributed by atoms with Gasteiger partial charge in [0.05, 0.1) is 17.0 Å². The highest BCUT2D eigenvalue weighted by Gasteiger charge is 2.15. The molecule has 8 heteroatoms. The first-order valence-corrected chi connectivity index (χ1v) is 9.73. The SMILES string of the molecule is O=C(Cc1csc(NC(=O)c2cccs2)n1)NCC1CCCNC1. The normalized spacial score (nSPS) is 17.4. The summed E-state index contributed by atoms with van der Waals surface area (Å²) in [5, 5.41) is 13.3. The number of thiazole rings is 1. The molecule has 1 fully saturated rings. The van der Waals surface area contributed by atoms with Crippen LogP contribution in [-0.2, 0) is 11.2 Å². The number of anilines is 1. The standard InChI is InChI=1S/C16H20N4O2S2/c21-14(18-9-11-3-1-5-17-8-11)7-12-10-24-16(19-12)20-15(22)13-4-2-6-23-13/h2,4,6,10-11,17H,1,3,5,7-9H2,(H,18,21)(H,19,20,22). The lowest BCUT2D eigenvalue weighted by Gasteiger charge is -2.22. The minimum atomic E-state index is -0.167. The summed E-state index contributed by atoms with van der Waals surface area (Å²) in [5.74, 6) is 0.320. The van der Waals surface area contributed by atoms with Crippen LogP contribution in [-0.4, -0.2) is 36.4 Å². The summed E-state index contributed by atoms with van der Waals surface area (Å²) in [6, 6.07) is 3.60. The molecule has 0 aliphatic carbocycles. The van der Waals surface area contributed by atoms with Crippen LogP contribution in [0.25, 0.3) is 0 Å². The third-order valence-electron chi connectivity index (χ3n) is 3.85. The van der Waals surface area contributed by atoms with Gasteiger partial charge in [-0.3, -0.25) is 14.9 Å². The Morgan fingerprint density at radius 3 is 3.04 bits per heavy atom. The Bertz CT molecular complexity index is 678. The van der Waals surface area contributed by atoms with Gasteiger partial charge in [-0.25, -0.2) is 4.98 Å². The maximum absolute atomic E-state index is 12.0. The molecular formula is C16H20N4O2S2. The van der Waals surface area contributed by atoms with Gasteiger partial charge in [0, 0.05) is 11.9 Å². The fourth-order valence-corrected chi connectivity index (χ4v) is 3.92. The van der Waals surface area contributed by atoms with Gasteiger partial charge >= 0.3 is 0 Å². The van der Waals surface area contributed by atoms with Gasteiger partial charge in [0.2, 0.25) is 5.91 Å². The van der Waals surface area contributed by atoms with E-state index in [1.165, 1.54) is 29.1 Å². The van der Waals surface area contributed by atoms with Gasteiger partial charge in [-0.1, -0.05) is 6.07 Å². The molecule has 2 amide bonds. The van der Waals surface area contributed by atoms with Crippen molar-refractivity contribution < 1.29 is 9.59 Å². The van der Waals surface area contributed by atoms with Gasteiger partial charge in [0.15, 0.2) is 5.13 Å². The predicted octanol–water partition coefficient (Wildman–Crippen LogP) is 2.12. The van der Waals surface area contributed by atoms with Gasteiger partial charge < -0.3 is 10.6 Å². The molecule has 6 nitrogen and oxygen atoms in total. The van der Waals surface area contributed by atoms with Crippen LogP contribution < -0.4 is 16.0 Å². The van der Waals surface area contributed by atoms with Gasteiger partial charge in [0.25, 0.3) is 5.91 Å². The van der Waals surface area contributed by atoms with Crippen LogP contribution in [0.4, 0.5) is 5.13 Å². The smallest absolute Gasteiger partial charge is 0.267 e. The number of hydrogen-bond donors (Lipinski definition) is 3. The highest BCUT2D eigenvalue weighted by atomic mass is 32.1. The summed E-state index contributed by atoms with van der Waals surface area (Å²) in [4.78, 5) is 28.9. The summed E-state index contributed by atoms with van der Waals surface area (Å²) in [5.41, 5.74) is 0.681. The molecule has 3 rings (SSSR count). The molecule has 24 heavy (non-hydrogen) atoms. The van der Waals surface area contributed by atoms with Crippen LogP contribution in [0.1, 0.15) is 28.2 Å². The summed E-state index contributed by atoms with van der Waals surface area (Å²) in [6.07, 6.45) is 2.56. The maximum Gasteiger partial charge on any atom is 0.267 e. The van der Waals surface area contributed by atoms with Crippen molar-refractivity contribution in [3.63, 3.8) is 0 Å². The maximum atomic E-state index is 12.0. The Balaban J connectivity index is 1.45. The first-order chi connectivity index (χ1) is 11.7. The van der Waals surface area contributed by atoms with E-state index in [0.29, 0.717) is 28.2 Å². The van der Waals surface area contributed by atoms with Crippen LogP contribution in [0, 0.1) is 5.92 Å². The number of hydrogen-bond acceptors (Lipinski definition) is 6. The highest BCUT2D eigenvalue weighted by Crippen LogP contribution is 2.18. The third kappa shape index (κ3) is 4.86. The molecule has 0 spiro atoms. The second-order valence-corrected chi connectivity index (χ2v) is 7.57. The molecule has 0 aromatic carbocycles. The molecule has 1 aliphatic rings. The van der Waals surface area contributed by atoms with E-state index >= 15 is 0 Å². The van der Waals surface area contributed by atoms with Crippen molar-refractivity contribution in [1.29, 1.82) is 0 Å². The molecule has 1 saturated heterocycles. The monoisotopic (exact) mass is 364 g/mol. The Labute approximate surface area is 148 Å². The number of thiophene rings is 1. The number of nitrogens with one attached hydrogen (secondary N) is 3. The number of carbonyl (C=O) groups is 2. The van der Waals surface area contributed by atoms with Crippen LogP contribution in [0.2, 0.25) is 0 Å². The van der Waals surface area contributed by atoms with E-state index in [1.54, 1.807) is 6.07 Å². The molecule has 0 saturated carbocycles. The molecule has 3 heterocycles. The van der Waals surface area contributed by atoms with Gasteiger partial charge in [-0.05, 0) is 43.3 Å². The summed E-state index contributed by atoms with van der Waals surface area (Å²) in [7, 11) is 0. The van der Waals surface area contributed by atoms with E-state index in [9.17, 15) is 9.59 Å². The minimum absolute atomic E-state index is 0.0259. The molecule has 2 aromatic rings. The Morgan fingerprint density at radius 1 is 1.38 bits per heavy atom. The molecule has 1 aliphatic heterocycles. The van der Waals surface area contributed by atoms with Crippen molar-refractivity contribution in [3.8, 4) is 0 Å². The summed E-state index contributed by atoms with van der Waals surface area (Å²) >= 11 is 2.72. The second kappa shape index (κ2) is 8.36. The summed E-state index contributed by atoms with van der Waals surface area (Å²) < 4.78 is 0. The van der Waals surface area contributed by atoms with E-state index in [2.05, 4.69) is 20.9 Å². The van der Waals surface area contributed by atoms with E-state index in [0.717, 1.165) is 19.5 Å². The Hall–Kier alpha value is -1.77. The van der Waals surface area contributed by atoms with E-state index in [4.69, 9.17) is 0 Å². The lowest BCUT2D eigenvalue weighted by atomic mass is 10.00. The number of amides is 2. The molecular weight excluding hydrogens is 344 g/mol. The lowest BCUT2D eigenvalue weighted by molar-refractivity contribution is -0.120. The zero-order chi connectivity index (χ0) is 16.8. The fourth-order valence-electron chi connectivity index (χ4n) is 2.60. The lowest BCUT2D eigenvalue weighted by Crippen LogP contribution is -2.38. The largest absolute Gasteiger partial charge is 0.355 e. The highest BCUT2D eigenvalue weighted by molar-refractivity contribution is 7.14. The second-order valence-electron chi connectivity index (χ2n) is 5.77. The van der Waals surface area contributed by atoms with Gasteiger partial charge in [-0.15, -0.1) is 22.7 Å². The molecule has 3 N–H and O–H groups in total. The zero-order valence-corrected chi connectivity index (χ0v) is 14.8. The summed E-state index contributed by atoms with van der Waals surface area (Å²) in [6.45, 7) is 2.75. The van der Waals surface area contributed by atoms with Crippen molar-refractivity contribution >= 4 is 39.6 Å². The number of rotatable bonds is 6. The number of aromatic nitrogens is 1. The van der Waals surface area contributed by atoms with Crippen molar-refractivity contribution in [2.75, 3.05) is 25.0 Å². The van der Waals surface area contributed by atoms with Crippen molar-refractivity contribution in [3.05, 3.63) is 33.5 Å². The molecule has 0 radical (unpaired) electrons. The first kappa shape index (κ1) is 17.1. The predicted molar refractivity (Wildman–Crippen MR) is 96.7 cm³/mol. The average molecular weight is 364 g/mol. The van der Waals surface area contributed by atoms with Gasteiger partial charge in [-0.2, -0.15) is 0 Å². The number of piperidine rings is 1. The fraction of sp³-hybridized carbons (Fsp3) is 0.438. The zero-order valence-electron chi connectivity index (χ0n) is 13.2. The first-order valence-electron chi connectivity index (χ1n) is 7.97. The molecule has 1 unspecified atom stereocenters. The van der Waals surface area contributed by atoms with Crippen molar-refractivity contribution in [2.45, 2.75) is 19.3 Å². The van der Waals surface area contributed by atoms with Crippen LogP contribution in [0.5, 0.6) is 0 Å². The van der Waals surface area contributed by atoms with Crippen LogP contribution >= 0.6 is 22.7 Å². The van der Waals surface area contributed by atoms with E-state index < -0.39 is 0 Å². The topological polar surface area (TPSA) is 83.1 Å². The third-order valence-corrected chi connectivity index (χ3v) is 5.52. The number of nitrogens with zero attached hydrogens (tertiary/aromatic N) is 1. The van der Waals surface area contributed by atoms with Gasteiger partial charge in [0.1, 0.15) is 0 Å². The van der Waals surface area contributed by atoms with Crippen LogP contribution in [0.3, 0.4) is 0 Å². The quantitative estimate of drug-likeness (QED) is 0.733. The molecule has 1 atom stereocenters. The molecule has 2 aromatic heterocycles. The van der Waals surface area contributed by atoms with Crippen molar-refractivity contribution in [1.82, 2.24) is 15.6 Å². The van der Waals surface area contributed by atoms with Crippen molar-refractivity contribution in [2.24, 2.45) is 5.92 Å². The van der Waals surface area contributed by atoms with E-state index in [1.807, 2.05) is 16.8 Å². The Morgan fingerprint density at radius 2 is 2.29 bits per heavy atom. The Kier molecular flexibility index (Phi) is 5.95. The van der Waals surface area contributed by atoms with E-state index in [-0.39, 0.29) is 18.2 Å². The molecule has 128 valence electrons. The molecule has 0 bridgehead atoms. The average Bonchev–Trinajstić information content (AvgIpc) is 3.26. The van der Waals surface area contributed by atoms with Crippen LogP contribution in [0.15, 0.2) is 22.9 Å².